The number of likely N-dealkylation sites (tertiary alicyclic amines) is 2. The molecule has 4 aliphatic heterocycles. The Hall–Kier alpha value is -3.21. The van der Waals surface area contributed by atoms with Crippen molar-refractivity contribution in [1.29, 1.82) is 0 Å². The summed E-state index contributed by atoms with van der Waals surface area (Å²) in [6, 6.07) is 11.4. The zero-order chi connectivity index (χ0) is 33.6. The fourth-order valence-corrected chi connectivity index (χ4v) is 7.05. The van der Waals surface area contributed by atoms with Crippen molar-refractivity contribution in [3.63, 3.8) is 0 Å². The standard InChI is InChI=1S/C20H28ClN3O3.C15H20ClN3O/c1-20(2,3)27-19(26)24-13-11-22(12-14-24)16-8-6-7-15(17(16)21)18(25)23-9-4-5-10-23;16-14-12(15(20)19-8-1-2-9-19)4-3-5-13(14)18-10-6-17-7-11-18/h6-8H,4-5,9-14H2,1-3H3;3-5,17H,1-2,6-11H2. The number of carbonyl (C=O) groups is 3. The maximum absolute atomic E-state index is 12.7. The van der Waals surface area contributed by atoms with E-state index in [-0.39, 0.29) is 17.9 Å². The quantitative estimate of drug-likeness (QED) is 0.447. The molecule has 4 aliphatic rings. The lowest BCUT2D eigenvalue weighted by molar-refractivity contribution is 0.0240. The summed E-state index contributed by atoms with van der Waals surface area (Å²) in [5, 5.41) is 4.43. The summed E-state index contributed by atoms with van der Waals surface area (Å²) < 4.78 is 5.44. The molecule has 2 aromatic rings. The largest absolute Gasteiger partial charge is 0.444 e. The number of rotatable bonds is 4. The van der Waals surface area contributed by atoms with E-state index in [1.165, 1.54) is 0 Å². The fourth-order valence-electron chi connectivity index (χ4n) is 6.40. The summed E-state index contributed by atoms with van der Waals surface area (Å²) in [7, 11) is 0. The molecule has 0 spiro atoms. The Morgan fingerprint density at radius 2 is 1.04 bits per heavy atom. The number of halogens is 2. The van der Waals surface area contributed by atoms with Gasteiger partial charge in [-0.2, -0.15) is 0 Å². The second-order valence-electron chi connectivity index (χ2n) is 13.5. The number of piperazine rings is 2. The predicted octanol–water partition coefficient (Wildman–Crippen LogP) is 5.62. The van der Waals surface area contributed by atoms with Crippen LogP contribution in [0.2, 0.25) is 10.0 Å². The van der Waals surface area contributed by atoms with Crippen molar-refractivity contribution in [2.24, 2.45) is 0 Å². The van der Waals surface area contributed by atoms with Crippen LogP contribution in [0.15, 0.2) is 36.4 Å². The molecule has 0 aromatic heterocycles. The van der Waals surface area contributed by atoms with Crippen LogP contribution in [0.5, 0.6) is 0 Å². The van der Waals surface area contributed by atoms with Gasteiger partial charge in [0, 0.05) is 78.5 Å². The molecule has 0 radical (unpaired) electrons. The van der Waals surface area contributed by atoms with E-state index in [1.807, 2.05) is 60.9 Å². The van der Waals surface area contributed by atoms with E-state index in [9.17, 15) is 14.4 Å². The first-order valence-electron chi connectivity index (χ1n) is 16.9. The van der Waals surface area contributed by atoms with Gasteiger partial charge in [-0.15, -0.1) is 0 Å². The lowest BCUT2D eigenvalue weighted by atomic mass is 10.1. The van der Waals surface area contributed by atoms with Crippen molar-refractivity contribution in [3.05, 3.63) is 57.6 Å². The van der Waals surface area contributed by atoms with Crippen LogP contribution >= 0.6 is 23.2 Å². The van der Waals surface area contributed by atoms with Gasteiger partial charge >= 0.3 is 6.09 Å². The molecule has 3 amide bonds. The topological polar surface area (TPSA) is 88.7 Å². The third-order valence-electron chi connectivity index (χ3n) is 8.93. The maximum Gasteiger partial charge on any atom is 0.410 e. The first-order valence-corrected chi connectivity index (χ1v) is 17.6. The van der Waals surface area contributed by atoms with E-state index in [1.54, 1.807) is 11.0 Å². The predicted molar refractivity (Wildman–Crippen MR) is 188 cm³/mol. The summed E-state index contributed by atoms with van der Waals surface area (Å²) in [5.74, 6) is 0.0798. The Morgan fingerprint density at radius 3 is 1.47 bits per heavy atom. The van der Waals surface area contributed by atoms with Crippen LogP contribution in [0, 0.1) is 0 Å². The maximum atomic E-state index is 12.7. The lowest BCUT2D eigenvalue weighted by Gasteiger charge is -2.37. The molecule has 4 heterocycles. The number of anilines is 2. The van der Waals surface area contributed by atoms with Gasteiger partial charge in [0.05, 0.1) is 32.5 Å². The summed E-state index contributed by atoms with van der Waals surface area (Å²) in [6.07, 6.45) is 4.01. The Kier molecular flexibility index (Phi) is 11.8. The third kappa shape index (κ3) is 8.83. The molecule has 2 aromatic carbocycles. The molecular weight excluding hydrogens is 639 g/mol. The number of carbonyl (C=O) groups excluding carboxylic acids is 3. The van der Waals surface area contributed by atoms with Gasteiger partial charge in [0.2, 0.25) is 0 Å². The molecule has 10 nitrogen and oxygen atoms in total. The number of amides is 3. The zero-order valence-corrected chi connectivity index (χ0v) is 29.4. The lowest BCUT2D eigenvalue weighted by Crippen LogP contribution is -2.50. The molecule has 0 atom stereocenters. The van der Waals surface area contributed by atoms with Gasteiger partial charge in [-0.3, -0.25) is 9.59 Å². The van der Waals surface area contributed by atoms with Gasteiger partial charge in [0.25, 0.3) is 11.8 Å². The summed E-state index contributed by atoms with van der Waals surface area (Å²) in [6.45, 7) is 15.1. The summed E-state index contributed by atoms with van der Waals surface area (Å²) >= 11 is 13.1. The SMILES string of the molecule is CC(C)(C)OC(=O)N1CCN(c2cccc(C(=O)N3CCCC3)c2Cl)CC1.O=C(c1cccc(N2CCNCC2)c1Cl)N1CCCC1. The van der Waals surface area contributed by atoms with Gasteiger partial charge < -0.3 is 34.6 Å². The Balaban J connectivity index is 0.000000193. The van der Waals surface area contributed by atoms with Crippen molar-refractivity contribution >= 4 is 52.5 Å². The number of ether oxygens (including phenoxy) is 1. The zero-order valence-electron chi connectivity index (χ0n) is 27.9. The van der Waals surface area contributed by atoms with E-state index < -0.39 is 5.60 Å². The first-order chi connectivity index (χ1) is 22.5. The van der Waals surface area contributed by atoms with Crippen LogP contribution in [-0.2, 0) is 4.74 Å². The average Bonchev–Trinajstić information content (AvgIpc) is 3.80. The van der Waals surface area contributed by atoms with Gasteiger partial charge in [0.15, 0.2) is 0 Å². The Morgan fingerprint density at radius 1 is 0.617 bits per heavy atom. The van der Waals surface area contributed by atoms with Gasteiger partial charge in [-0.1, -0.05) is 35.3 Å². The van der Waals surface area contributed by atoms with Crippen molar-refractivity contribution in [2.45, 2.75) is 52.1 Å². The van der Waals surface area contributed by atoms with Gasteiger partial charge in [-0.25, -0.2) is 4.79 Å². The normalized spacial score (nSPS) is 18.6. The first kappa shape index (κ1) is 35.1. The minimum atomic E-state index is -0.498. The molecule has 0 unspecified atom stereocenters. The van der Waals surface area contributed by atoms with Crippen molar-refractivity contribution in [1.82, 2.24) is 20.0 Å². The summed E-state index contributed by atoms with van der Waals surface area (Å²) in [4.78, 5) is 47.3. The van der Waals surface area contributed by atoms with E-state index in [4.69, 9.17) is 27.9 Å². The number of hydrogen-bond acceptors (Lipinski definition) is 7. The monoisotopic (exact) mass is 686 g/mol. The van der Waals surface area contributed by atoms with Crippen molar-refractivity contribution < 1.29 is 19.1 Å². The fraction of sp³-hybridized carbons (Fsp3) is 0.571. The third-order valence-corrected chi connectivity index (χ3v) is 9.73. The van der Waals surface area contributed by atoms with Gasteiger partial charge in [-0.05, 0) is 70.7 Å². The van der Waals surface area contributed by atoms with E-state index in [0.29, 0.717) is 47.4 Å². The molecule has 256 valence electrons. The number of nitrogens with one attached hydrogen (secondary N) is 1. The average molecular weight is 688 g/mol. The van der Waals surface area contributed by atoms with Crippen molar-refractivity contribution in [3.8, 4) is 0 Å². The van der Waals surface area contributed by atoms with E-state index >= 15 is 0 Å². The van der Waals surface area contributed by atoms with Crippen molar-refractivity contribution in [2.75, 3.05) is 88.3 Å². The molecule has 0 bridgehead atoms. The highest BCUT2D eigenvalue weighted by molar-refractivity contribution is 6.37. The van der Waals surface area contributed by atoms with Crippen LogP contribution in [0.3, 0.4) is 0 Å². The van der Waals surface area contributed by atoms with Crippen LogP contribution in [0.1, 0.15) is 67.2 Å². The molecule has 4 fully saturated rings. The number of nitrogens with zero attached hydrogens (tertiary/aromatic N) is 5. The highest BCUT2D eigenvalue weighted by atomic mass is 35.5. The highest BCUT2D eigenvalue weighted by Gasteiger charge is 2.29. The van der Waals surface area contributed by atoms with Crippen LogP contribution in [-0.4, -0.2) is 117 Å². The van der Waals surface area contributed by atoms with Crippen LogP contribution in [0.4, 0.5) is 16.2 Å². The second kappa shape index (κ2) is 15.8. The Bertz CT molecular complexity index is 1410. The van der Waals surface area contributed by atoms with Crippen LogP contribution in [0.25, 0.3) is 0 Å². The Labute approximate surface area is 288 Å². The molecule has 0 saturated carbocycles. The smallest absolute Gasteiger partial charge is 0.410 e. The minimum Gasteiger partial charge on any atom is -0.444 e. The van der Waals surface area contributed by atoms with E-state index in [0.717, 1.165) is 89.4 Å². The number of benzene rings is 2. The molecule has 0 aliphatic carbocycles. The highest BCUT2D eigenvalue weighted by Crippen LogP contribution is 2.33. The molecule has 1 N–H and O–H groups in total. The number of hydrogen-bond donors (Lipinski definition) is 1. The van der Waals surface area contributed by atoms with E-state index in [2.05, 4.69) is 15.1 Å². The minimum absolute atomic E-state index is 0.00624. The molecule has 47 heavy (non-hydrogen) atoms. The molecule has 12 heteroatoms. The molecular formula is C35H48Cl2N6O4. The second-order valence-corrected chi connectivity index (χ2v) is 14.2. The molecule has 6 rings (SSSR count). The molecule has 4 saturated heterocycles. The van der Waals surface area contributed by atoms with Crippen LogP contribution < -0.4 is 15.1 Å². The summed E-state index contributed by atoms with van der Waals surface area (Å²) in [5.41, 5.74) is 2.54. The van der Waals surface area contributed by atoms with Gasteiger partial charge in [0.1, 0.15) is 5.60 Å².